The highest BCUT2D eigenvalue weighted by molar-refractivity contribution is 14.1. The molecule has 2 N–H and O–H groups in total. The summed E-state index contributed by atoms with van der Waals surface area (Å²) >= 11 is 1.93. The standard InChI is InChI=1S/C22H24F3IN4O2/c1-3-29(4-2)12-19(31)27-14-10-30(11-14)22(32)15-6-7-16(23)20(25)21(15)28-18-8-5-13(26)9-17(18)24/h5-9,14,28H,3-4,10-12H2,1-2H3,(H,27,31). The lowest BCUT2D eigenvalue weighted by Gasteiger charge is -2.40. The number of carbonyl (C=O) groups excluding carboxylic acids is 2. The number of carbonyl (C=O) groups is 2. The van der Waals surface area contributed by atoms with E-state index in [0.29, 0.717) is 3.57 Å². The Morgan fingerprint density at radius 3 is 2.41 bits per heavy atom. The molecule has 0 saturated carbocycles. The predicted octanol–water partition coefficient (Wildman–Crippen LogP) is 3.73. The molecule has 172 valence electrons. The predicted molar refractivity (Wildman–Crippen MR) is 124 cm³/mol. The van der Waals surface area contributed by atoms with Crippen LogP contribution < -0.4 is 10.6 Å². The van der Waals surface area contributed by atoms with Crippen molar-refractivity contribution in [3.63, 3.8) is 0 Å². The van der Waals surface area contributed by atoms with Crippen molar-refractivity contribution >= 4 is 45.8 Å². The van der Waals surface area contributed by atoms with Crippen molar-refractivity contribution in [3.8, 4) is 0 Å². The second kappa shape index (κ2) is 10.5. The van der Waals surface area contributed by atoms with E-state index < -0.39 is 29.0 Å². The van der Waals surface area contributed by atoms with Crippen LogP contribution in [0.2, 0.25) is 0 Å². The smallest absolute Gasteiger partial charge is 0.256 e. The number of benzene rings is 2. The third-order valence-electron chi connectivity index (χ3n) is 5.31. The highest BCUT2D eigenvalue weighted by Gasteiger charge is 2.34. The fraction of sp³-hybridized carbons (Fsp3) is 0.364. The van der Waals surface area contributed by atoms with E-state index in [2.05, 4.69) is 10.6 Å². The zero-order valence-electron chi connectivity index (χ0n) is 17.7. The number of nitrogens with one attached hydrogen (secondary N) is 2. The second-order valence-corrected chi connectivity index (χ2v) is 8.71. The van der Waals surface area contributed by atoms with E-state index in [1.807, 2.05) is 41.3 Å². The molecule has 6 nitrogen and oxygen atoms in total. The van der Waals surface area contributed by atoms with E-state index in [1.54, 1.807) is 6.07 Å². The number of likely N-dealkylation sites (N-methyl/N-ethyl adjacent to an activating group) is 1. The van der Waals surface area contributed by atoms with Crippen molar-refractivity contribution in [3.05, 3.63) is 56.9 Å². The van der Waals surface area contributed by atoms with E-state index in [0.717, 1.165) is 19.2 Å². The number of hydrogen-bond acceptors (Lipinski definition) is 4. The molecule has 2 amide bonds. The normalized spacial score (nSPS) is 13.8. The Hall–Kier alpha value is -2.34. The average molecular weight is 560 g/mol. The minimum atomic E-state index is -1.27. The topological polar surface area (TPSA) is 64.7 Å². The molecule has 32 heavy (non-hydrogen) atoms. The molecule has 1 aliphatic rings. The lowest BCUT2D eigenvalue weighted by Crippen LogP contribution is -2.61. The Morgan fingerprint density at radius 2 is 1.78 bits per heavy atom. The third kappa shape index (κ3) is 5.52. The Morgan fingerprint density at radius 1 is 1.09 bits per heavy atom. The lowest BCUT2D eigenvalue weighted by atomic mass is 10.0. The van der Waals surface area contributed by atoms with E-state index in [9.17, 15) is 22.8 Å². The zero-order valence-corrected chi connectivity index (χ0v) is 19.9. The second-order valence-electron chi connectivity index (χ2n) is 7.47. The van der Waals surface area contributed by atoms with Crippen LogP contribution in [0.4, 0.5) is 24.5 Å². The van der Waals surface area contributed by atoms with Gasteiger partial charge in [-0.2, -0.15) is 0 Å². The first-order chi connectivity index (χ1) is 15.2. The van der Waals surface area contributed by atoms with Gasteiger partial charge in [-0.15, -0.1) is 0 Å². The molecule has 1 aliphatic heterocycles. The van der Waals surface area contributed by atoms with Gasteiger partial charge in [0.1, 0.15) is 5.82 Å². The van der Waals surface area contributed by atoms with Crippen molar-refractivity contribution in [1.82, 2.24) is 15.1 Å². The molecule has 1 saturated heterocycles. The summed E-state index contributed by atoms with van der Waals surface area (Å²) in [7, 11) is 0. The van der Waals surface area contributed by atoms with Gasteiger partial charge in [0.25, 0.3) is 5.91 Å². The lowest BCUT2D eigenvalue weighted by molar-refractivity contribution is -0.123. The van der Waals surface area contributed by atoms with Gasteiger partial charge >= 0.3 is 0 Å². The average Bonchev–Trinajstić information content (AvgIpc) is 2.73. The summed E-state index contributed by atoms with van der Waals surface area (Å²) in [6.45, 7) is 6.22. The molecule has 3 rings (SSSR count). The molecule has 0 unspecified atom stereocenters. The number of rotatable bonds is 8. The number of halogens is 4. The van der Waals surface area contributed by atoms with Crippen LogP contribution in [-0.2, 0) is 4.79 Å². The zero-order chi connectivity index (χ0) is 23.4. The molecule has 10 heteroatoms. The van der Waals surface area contributed by atoms with E-state index in [1.165, 1.54) is 23.1 Å². The van der Waals surface area contributed by atoms with Crippen molar-refractivity contribution in [2.75, 3.05) is 38.0 Å². The van der Waals surface area contributed by atoms with Gasteiger partial charge in [-0.05, 0) is 66.0 Å². The Balaban J connectivity index is 1.70. The van der Waals surface area contributed by atoms with Crippen molar-refractivity contribution in [2.24, 2.45) is 0 Å². The maximum atomic E-state index is 14.5. The van der Waals surface area contributed by atoms with Gasteiger partial charge in [-0.1, -0.05) is 13.8 Å². The minimum Gasteiger partial charge on any atom is -0.350 e. The molecule has 1 fully saturated rings. The first kappa shape index (κ1) is 24.3. The van der Waals surface area contributed by atoms with E-state index in [-0.39, 0.29) is 42.8 Å². The first-order valence-corrected chi connectivity index (χ1v) is 11.3. The SMILES string of the molecule is CCN(CC)CC(=O)NC1CN(C(=O)c2ccc(F)c(F)c2Nc2ccc(I)cc2F)C1. The van der Waals surface area contributed by atoms with Crippen LogP contribution in [0, 0.1) is 21.0 Å². The molecule has 0 bridgehead atoms. The first-order valence-electron chi connectivity index (χ1n) is 10.2. The molecule has 0 spiro atoms. The Kier molecular flexibility index (Phi) is 7.99. The molecule has 0 atom stereocenters. The van der Waals surface area contributed by atoms with Gasteiger partial charge < -0.3 is 15.5 Å². The minimum absolute atomic E-state index is 0.0749. The van der Waals surface area contributed by atoms with Crippen LogP contribution in [0.3, 0.4) is 0 Å². The summed E-state index contributed by atoms with van der Waals surface area (Å²) in [5.74, 6) is -3.74. The maximum Gasteiger partial charge on any atom is 0.256 e. The van der Waals surface area contributed by atoms with Gasteiger partial charge in [0.15, 0.2) is 11.6 Å². The molecular formula is C22H24F3IN4O2. The van der Waals surface area contributed by atoms with Gasteiger partial charge in [-0.25, -0.2) is 13.2 Å². The fourth-order valence-electron chi connectivity index (χ4n) is 3.41. The van der Waals surface area contributed by atoms with Crippen molar-refractivity contribution in [2.45, 2.75) is 19.9 Å². The fourth-order valence-corrected chi connectivity index (χ4v) is 3.86. The highest BCUT2D eigenvalue weighted by Crippen LogP contribution is 2.30. The number of amides is 2. The van der Waals surface area contributed by atoms with E-state index in [4.69, 9.17) is 0 Å². The van der Waals surface area contributed by atoms with E-state index >= 15 is 0 Å². The summed E-state index contributed by atoms with van der Waals surface area (Å²) in [4.78, 5) is 28.4. The summed E-state index contributed by atoms with van der Waals surface area (Å²) in [5, 5.41) is 5.39. The van der Waals surface area contributed by atoms with Crippen molar-refractivity contribution in [1.29, 1.82) is 0 Å². The van der Waals surface area contributed by atoms with Crippen LogP contribution >= 0.6 is 22.6 Å². The molecule has 0 aromatic heterocycles. The molecule has 1 heterocycles. The van der Waals surface area contributed by atoms with Gasteiger partial charge in [0, 0.05) is 16.7 Å². The number of likely N-dealkylation sites (tertiary alicyclic amines) is 1. The highest BCUT2D eigenvalue weighted by atomic mass is 127. The number of anilines is 2. The number of hydrogen-bond donors (Lipinski definition) is 2. The molecule has 2 aromatic carbocycles. The van der Waals surface area contributed by atoms with Crippen LogP contribution in [0.25, 0.3) is 0 Å². The van der Waals surface area contributed by atoms with Crippen LogP contribution in [0.15, 0.2) is 30.3 Å². The van der Waals surface area contributed by atoms with Crippen LogP contribution in [-0.4, -0.2) is 60.4 Å². The van der Waals surface area contributed by atoms with Crippen LogP contribution in [0.5, 0.6) is 0 Å². The Bertz CT molecular complexity index is 1010. The molecular weight excluding hydrogens is 536 g/mol. The third-order valence-corrected chi connectivity index (χ3v) is 5.98. The Labute approximate surface area is 198 Å². The number of nitrogens with zero attached hydrogens (tertiary/aromatic N) is 2. The quantitative estimate of drug-likeness (QED) is 0.484. The van der Waals surface area contributed by atoms with Gasteiger partial charge in [0.2, 0.25) is 5.91 Å². The maximum absolute atomic E-state index is 14.5. The van der Waals surface area contributed by atoms with Crippen molar-refractivity contribution < 1.29 is 22.8 Å². The summed E-state index contributed by atoms with van der Waals surface area (Å²) in [6, 6.07) is 6.05. The summed E-state index contributed by atoms with van der Waals surface area (Å²) in [5.41, 5.74) is -0.618. The molecule has 0 aliphatic carbocycles. The monoisotopic (exact) mass is 560 g/mol. The van der Waals surface area contributed by atoms with Crippen LogP contribution in [0.1, 0.15) is 24.2 Å². The molecule has 0 radical (unpaired) electrons. The largest absolute Gasteiger partial charge is 0.350 e. The van der Waals surface area contributed by atoms with Gasteiger partial charge in [0.05, 0.1) is 29.5 Å². The summed E-state index contributed by atoms with van der Waals surface area (Å²) in [6.07, 6.45) is 0. The summed E-state index contributed by atoms with van der Waals surface area (Å²) < 4.78 is 43.3. The molecule has 2 aromatic rings. The van der Waals surface area contributed by atoms with Gasteiger partial charge in [-0.3, -0.25) is 14.5 Å².